The van der Waals surface area contributed by atoms with Crippen LogP contribution in [0.2, 0.25) is 0 Å². The molecule has 1 amide bonds. The molecule has 33 heavy (non-hydrogen) atoms. The van der Waals surface area contributed by atoms with Crippen molar-refractivity contribution in [1.82, 2.24) is 9.80 Å². The smallest absolute Gasteiger partial charge is 0.290 e. The summed E-state index contributed by atoms with van der Waals surface area (Å²) in [5.41, 5.74) is 0.904. The molecular weight excluding hydrogens is 423 g/mol. The third-order valence-corrected chi connectivity index (χ3v) is 5.97. The summed E-state index contributed by atoms with van der Waals surface area (Å²) >= 11 is 0. The van der Waals surface area contributed by atoms with E-state index in [-0.39, 0.29) is 11.1 Å². The number of carbonyl (C=O) groups excluding carboxylic acids is 2. The molecule has 1 saturated heterocycles. The maximum Gasteiger partial charge on any atom is 0.290 e. The Bertz CT molecular complexity index is 1060. The van der Waals surface area contributed by atoms with E-state index in [1.807, 2.05) is 30.3 Å². The van der Waals surface area contributed by atoms with Gasteiger partial charge in [-0.05, 0) is 24.1 Å². The lowest BCUT2D eigenvalue weighted by molar-refractivity contribution is -0.129. The standard InChI is InChI=1S/C26H27FN2O4/c27-21-10-5-4-9-20(21)24-23(22(30)12-11-19-7-2-1-3-8-19)25(31)26(32)29(24)14-6-13-28-15-17-33-18-16-28/h1-5,7-12,24,31H,6,13-18H2/b12-11+. The van der Waals surface area contributed by atoms with Crippen molar-refractivity contribution < 1.29 is 23.8 Å². The van der Waals surface area contributed by atoms with Gasteiger partial charge in [-0.15, -0.1) is 0 Å². The molecule has 0 spiro atoms. The van der Waals surface area contributed by atoms with E-state index in [0.29, 0.717) is 26.2 Å². The number of ketones is 1. The van der Waals surface area contributed by atoms with Crippen LogP contribution in [-0.4, -0.2) is 66.0 Å². The van der Waals surface area contributed by atoms with Crippen molar-refractivity contribution in [2.75, 3.05) is 39.4 Å². The van der Waals surface area contributed by atoms with Gasteiger partial charge in [0.05, 0.1) is 24.8 Å². The van der Waals surface area contributed by atoms with Crippen LogP contribution in [0.3, 0.4) is 0 Å². The van der Waals surface area contributed by atoms with Gasteiger partial charge in [-0.3, -0.25) is 14.5 Å². The van der Waals surface area contributed by atoms with Crippen LogP contribution in [0.5, 0.6) is 0 Å². The number of ether oxygens (including phenoxy) is 1. The molecule has 1 N–H and O–H groups in total. The summed E-state index contributed by atoms with van der Waals surface area (Å²) in [5, 5.41) is 10.7. The Morgan fingerprint density at radius 1 is 1.06 bits per heavy atom. The Morgan fingerprint density at radius 3 is 2.48 bits per heavy atom. The fourth-order valence-corrected chi connectivity index (χ4v) is 4.27. The Labute approximate surface area is 192 Å². The van der Waals surface area contributed by atoms with Crippen LogP contribution in [0.25, 0.3) is 6.08 Å². The van der Waals surface area contributed by atoms with Crippen LogP contribution in [0.1, 0.15) is 23.6 Å². The molecule has 2 aliphatic rings. The molecular formula is C26H27FN2O4. The van der Waals surface area contributed by atoms with E-state index in [1.165, 1.54) is 17.0 Å². The summed E-state index contributed by atoms with van der Waals surface area (Å²) in [6, 6.07) is 14.3. The molecule has 1 unspecified atom stereocenters. The fourth-order valence-electron chi connectivity index (χ4n) is 4.27. The topological polar surface area (TPSA) is 70.1 Å². The first kappa shape index (κ1) is 22.9. The lowest BCUT2D eigenvalue weighted by Crippen LogP contribution is -2.39. The molecule has 1 atom stereocenters. The Morgan fingerprint density at radius 2 is 1.76 bits per heavy atom. The highest BCUT2D eigenvalue weighted by Crippen LogP contribution is 2.39. The monoisotopic (exact) mass is 450 g/mol. The van der Waals surface area contributed by atoms with Crippen molar-refractivity contribution >= 4 is 17.8 Å². The maximum atomic E-state index is 14.8. The quantitative estimate of drug-likeness (QED) is 0.623. The first-order valence-electron chi connectivity index (χ1n) is 11.1. The van der Waals surface area contributed by atoms with Crippen LogP contribution in [0.15, 0.2) is 72.0 Å². The molecule has 2 heterocycles. The first-order chi connectivity index (χ1) is 16.1. The Kier molecular flexibility index (Phi) is 7.32. The highest BCUT2D eigenvalue weighted by Gasteiger charge is 2.43. The van der Waals surface area contributed by atoms with Crippen molar-refractivity contribution in [3.05, 3.63) is 88.9 Å². The van der Waals surface area contributed by atoms with Gasteiger partial charge in [0.1, 0.15) is 5.82 Å². The molecule has 0 radical (unpaired) electrons. The molecule has 4 rings (SSSR count). The van der Waals surface area contributed by atoms with Crippen LogP contribution in [0, 0.1) is 5.82 Å². The van der Waals surface area contributed by atoms with Gasteiger partial charge in [0.15, 0.2) is 11.5 Å². The molecule has 0 aliphatic carbocycles. The third kappa shape index (κ3) is 5.21. The van der Waals surface area contributed by atoms with Gasteiger partial charge in [-0.1, -0.05) is 54.6 Å². The Hall–Kier alpha value is -3.29. The predicted molar refractivity (Wildman–Crippen MR) is 123 cm³/mol. The number of benzene rings is 2. The largest absolute Gasteiger partial charge is 0.503 e. The zero-order valence-electron chi connectivity index (χ0n) is 18.3. The van der Waals surface area contributed by atoms with Gasteiger partial charge >= 0.3 is 0 Å². The van der Waals surface area contributed by atoms with E-state index in [4.69, 9.17) is 4.74 Å². The number of aliphatic hydroxyl groups excluding tert-OH is 1. The molecule has 6 nitrogen and oxygen atoms in total. The molecule has 7 heteroatoms. The van der Waals surface area contributed by atoms with Crippen molar-refractivity contribution in [1.29, 1.82) is 0 Å². The maximum absolute atomic E-state index is 14.8. The minimum Gasteiger partial charge on any atom is -0.503 e. The zero-order valence-corrected chi connectivity index (χ0v) is 18.3. The predicted octanol–water partition coefficient (Wildman–Crippen LogP) is 3.53. The number of morpholine rings is 1. The van der Waals surface area contributed by atoms with Crippen LogP contribution in [-0.2, 0) is 14.3 Å². The molecule has 2 aromatic rings. The SMILES string of the molecule is O=C(/C=C/c1ccccc1)C1=C(O)C(=O)N(CCCN2CCOCC2)C1c1ccccc1F. The number of aliphatic hydroxyl groups is 1. The van der Waals surface area contributed by atoms with Gasteiger partial charge in [-0.25, -0.2) is 4.39 Å². The number of amides is 1. The molecule has 0 aromatic heterocycles. The molecule has 172 valence electrons. The second-order valence-electron chi connectivity index (χ2n) is 8.10. The van der Waals surface area contributed by atoms with Gasteiger partial charge in [0.2, 0.25) is 0 Å². The number of nitrogens with zero attached hydrogens (tertiary/aromatic N) is 2. The number of halogens is 1. The van der Waals surface area contributed by atoms with Gasteiger partial charge < -0.3 is 14.7 Å². The first-order valence-corrected chi connectivity index (χ1v) is 11.1. The normalized spacial score (nSPS) is 19.6. The van der Waals surface area contributed by atoms with Crippen LogP contribution < -0.4 is 0 Å². The minimum atomic E-state index is -0.976. The molecule has 2 aliphatic heterocycles. The minimum absolute atomic E-state index is 0.0938. The molecule has 1 fully saturated rings. The summed E-state index contributed by atoms with van der Waals surface area (Å²) in [4.78, 5) is 29.7. The van der Waals surface area contributed by atoms with E-state index >= 15 is 0 Å². The summed E-state index contributed by atoms with van der Waals surface area (Å²) in [7, 11) is 0. The number of allylic oxidation sites excluding steroid dienone is 1. The average molecular weight is 451 g/mol. The Balaban J connectivity index is 1.58. The van der Waals surface area contributed by atoms with E-state index in [0.717, 1.165) is 25.2 Å². The lowest BCUT2D eigenvalue weighted by atomic mass is 9.95. The fraction of sp³-hybridized carbons (Fsp3) is 0.308. The number of rotatable bonds is 8. The average Bonchev–Trinajstić information content (AvgIpc) is 3.09. The van der Waals surface area contributed by atoms with Crippen molar-refractivity contribution in [2.24, 2.45) is 0 Å². The van der Waals surface area contributed by atoms with Gasteiger partial charge in [0.25, 0.3) is 5.91 Å². The van der Waals surface area contributed by atoms with E-state index in [2.05, 4.69) is 4.90 Å². The van der Waals surface area contributed by atoms with Crippen molar-refractivity contribution in [3.8, 4) is 0 Å². The molecule has 2 aromatic carbocycles. The summed E-state index contributed by atoms with van der Waals surface area (Å²) in [6.07, 6.45) is 3.57. The molecule has 0 bridgehead atoms. The highest BCUT2D eigenvalue weighted by atomic mass is 19.1. The molecule has 0 saturated carbocycles. The van der Waals surface area contributed by atoms with Crippen LogP contribution in [0.4, 0.5) is 4.39 Å². The number of hydrogen-bond donors (Lipinski definition) is 1. The summed E-state index contributed by atoms with van der Waals surface area (Å²) in [6.45, 7) is 4.03. The highest BCUT2D eigenvalue weighted by molar-refractivity contribution is 6.14. The van der Waals surface area contributed by atoms with Crippen molar-refractivity contribution in [2.45, 2.75) is 12.5 Å². The summed E-state index contributed by atoms with van der Waals surface area (Å²) in [5.74, 6) is -2.31. The third-order valence-electron chi connectivity index (χ3n) is 5.97. The van der Waals surface area contributed by atoms with E-state index in [9.17, 15) is 19.1 Å². The lowest BCUT2D eigenvalue weighted by Gasteiger charge is -2.30. The van der Waals surface area contributed by atoms with E-state index in [1.54, 1.807) is 24.3 Å². The number of hydrogen-bond acceptors (Lipinski definition) is 5. The van der Waals surface area contributed by atoms with E-state index < -0.39 is 29.3 Å². The second kappa shape index (κ2) is 10.6. The van der Waals surface area contributed by atoms with Gasteiger partial charge in [0, 0.05) is 31.7 Å². The van der Waals surface area contributed by atoms with Crippen molar-refractivity contribution in [3.63, 3.8) is 0 Å². The number of carbonyl (C=O) groups is 2. The summed E-state index contributed by atoms with van der Waals surface area (Å²) < 4.78 is 20.1. The van der Waals surface area contributed by atoms with Gasteiger partial charge in [-0.2, -0.15) is 0 Å². The zero-order chi connectivity index (χ0) is 23.2. The van der Waals surface area contributed by atoms with Crippen LogP contribution >= 0.6 is 0 Å². The second-order valence-corrected chi connectivity index (χ2v) is 8.10.